The minimum atomic E-state index is -0.541. The van der Waals surface area contributed by atoms with Gasteiger partial charge in [-0.15, -0.1) is 0 Å². The van der Waals surface area contributed by atoms with Crippen LogP contribution in [0.3, 0.4) is 0 Å². The highest BCUT2D eigenvalue weighted by Crippen LogP contribution is 2.16. The molecule has 2 aromatic rings. The van der Waals surface area contributed by atoms with E-state index < -0.39 is 12.1 Å². The number of hydrogen-bond acceptors (Lipinski definition) is 4. The Morgan fingerprint density at radius 2 is 1.96 bits per heavy atom. The van der Waals surface area contributed by atoms with Crippen molar-refractivity contribution >= 4 is 12.0 Å². The van der Waals surface area contributed by atoms with E-state index in [0.29, 0.717) is 12.3 Å². The molecule has 0 aliphatic heterocycles. The van der Waals surface area contributed by atoms with Gasteiger partial charge >= 0.3 is 6.09 Å². The molecule has 0 unspecified atom stereocenters. The highest BCUT2D eigenvalue weighted by atomic mass is 16.5. The Morgan fingerprint density at radius 3 is 2.61 bits per heavy atom. The van der Waals surface area contributed by atoms with Crippen molar-refractivity contribution in [3.05, 3.63) is 60.1 Å². The summed E-state index contributed by atoms with van der Waals surface area (Å²) in [5.41, 5.74) is 0.841. The summed E-state index contributed by atoms with van der Waals surface area (Å²) < 4.78 is 10.1. The minimum Gasteiger partial charge on any atom is -0.467 e. The zero-order valence-electron chi connectivity index (χ0n) is 13.0. The molecular weight excluding hydrogens is 296 g/mol. The number of hydrogen-bond donors (Lipinski definition) is 2. The molecule has 6 nitrogen and oxygen atoms in total. The van der Waals surface area contributed by atoms with E-state index in [1.807, 2.05) is 30.3 Å². The molecule has 1 aromatic heterocycles. The number of rotatable bonds is 7. The number of benzene rings is 1. The lowest BCUT2D eigenvalue weighted by molar-refractivity contribution is -0.121. The highest BCUT2D eigenvalue weighted by molar-refractivity contribution is 5.78. The van der Waals surface area contributed by atoms with Crippen molar-refractivity contribution in [3.8, 4) is 0 Å². The molecule has 1 heterocycles. The summed E-state index contributed by atoms with van der Waals surface area (Å²) in [6, 6.07) is 12.4. The SMILES string of the molecule is CCOC(=O)N[C@H](CC(=O)NCc1ccco1)c1ccccc1. The normalized spacial score (nSPS) is 11.5. The molecule has 0 aliphatic carbocycles. The van der Waals surface area contributed by atoms with Crippen molar-refractivity contribution < 1.29 is 18.7 Å². The number of carbonyl (C=O) groups excluding carboxylic acids is 2. The van der Waals surface area contributed by atoms with Crippen molar-refractivity contribution in [1.29, 1.82) is 0 Å². The quantitative estimate of drug-likeness (QED) is 0.823. The van der Waals surface area contributed by atoms with Crippen LogP contribution in [0.1, 0.15) is 30.7 Å². The van der Waals surface area contributed by atoms with Crippen LogP contribution in [0.4, 0.5) is 4.79 Å². The summed E-state index contributed by atoms with van der Waals surface area (Å²) in [5, 5.41) is 5.48. The predicted octanol–water partition coefficient (Wildman–Crippen LogP) is 2.77. The van der Waals surface area contributed by atoms with Crippen LogP contribution in [-0.2, 0) is 16.1 Å². The average Bonchev–Trinajstić information content (AvgIpc) is 3.07. The molecule has 0 bridgehead atoms. The first kappa shape index (κ1) is 16.6. The average molecular weight is 316 g/mol. The second-order valence-corrected chi connectivity index (χ2v) is 4.89. The fourth-order valence-electron chi connectivity index (χ4n) is 2.11. The first-order valence-corrected chi connectivity index (χ1v) is 7.46. The van der Waals surface area contributed by atoms with Crippen LogP contribution in [-0.4, -0.2) is 18.6 Å². The van der Waals surface area contributed by atoms with Gasteiger partial charge in [-0.3, -0.25) is 4.79 Å². The molecule has 0 fully saturated rings. The van der Waals surface area contributed by atoms with Crippen molar-refractivity contribution in [1.82, 2.24) is 10.6 Å². The van der Waals surface area contributed by atoms with E-state index in [0.717, 1.165) is 5.56 Å². The van der Waals surface area contributed by atoms with E-state index in [2.05, 4.69) is 10.6 Å². The first-order chi connectivity index (χ1) is 11.2. The van der Waals surface area contributed by atoms with Crippen molar-refractivity contribution in [2.24, 2.45) is 0 Å². The summed E-state index contributed by atoms with van der Waals surface area (Å²) in [6.45, 7) is 2.32. The summed E-state index contributed by atoms with van der Waals surface area (Å²) >= 11 is 0. The van der Waals surface area contributed by atoms with Crippen molar-refractivity contribution in [2.75, 3.05) is 6.61 Å². The fourth-order valence-corrected chi connectivity index (χ4v) is 2.11. The Morgan fingerprint density at radius 1 is 1.17 bits per heavy atom. The summed E-state index contributed by atoms with van der Waals surface area (Å²) in [6.07, 6.45) is 1.13. The molecule has 1 aromatic carbocycles. The number of alkyl carbamates (subject to hydrolysis) is 1. The lowest BCUT2D eigenvalue weighted by Gasteiger charge is -2.18. The van der Waals surface area contributed by atoms with Gasteiger partial charge in [0, 0.05) is 0 Å². The molecular formula is C17H20N2O4. The molecule has 0 spiro atoms. The Labute approximate surface area is 134 Å². The molecule has 0 aliphatic rings. The number of furan rings is 1. The van der Waals surface area contributed by atoms with Gasteiger partial charge in [0.2, 0.25) is 5.91 Å². The lowest BCUT2D eigenvalue weighted by Crippen LogP contribution is -2.34. The van der Waals surface area contributed by atoms with Crippen molar-refractivity contribution in [2.45, 2.75) is 25.9 Å². The smallest absolute Gasteiger partial charge is 0.407 e. The van der Waals surface area contributed by atoms with E-state index >= 15 is 0 Å². The molecule has 1 atom stereocenters. The first-order valence-electron chi connectivity index (χ1n) is 7.46. The Kier molecular flexibility index (Phi) is 6.23. The zero-order valence-corrected chi connectivity index (χ0v) is 13.0. The molecule has 2 N–H and O–H groups in total. The van der Waals surface area contributed by atoms with Crippen LogP contribution in [0.5, 0.6) is 0 Å². The second kappa shape index (κ2) is 8.63. The van der Waals surface area contributed by atoms with Crippen LogP contribution >= 0.6 is 0 Å². The Bertz CT molecular complexity index is 611. The maximum Gasteiger partial charge on any atom is 0.407 e. The van der Waals surface area contributed by atoms with Gasteiger partial charge in [0.05, 0.1) is 31.9 Å². The standard InChI is InChI=1S/C17H20N2O4/c1-2-22-17(21)19-15(13-7-4-3-5-8-13)11-16(20)18-12-14-9-6-10-23-14/h3-10,15H,2,11-12H2,1H3,(H,18,20)(H,19,21)/t15-/m1/s1. The van der Waals surface area contributed by atoms with Gasteiger partial charge < -0.3 is 19.8 Å². The zero-order chi connectivity index (χ0) is 16.5. The van der Waals surface area contributed by atoms with Gasteiger partial charge in [-0.2, -0.15) is 0 Å². The van der Waals surface area contributed by atoms with E-state index in [-0.39, 0.29) is 18.9 Å². The van der Waals surface area contributed by atoms with E-state index in [1.165, 1.54) is 0 Å². The molecule has 6 heteroatoms. The van der Waals surface area contributed by atoms with E-state index in [9.17, 15) is 9.59 Å². The Hall–Kier alpha value is -2.76. The van der Waals surface area contributed by atoms with Crippen LogP contribution in [0.15, 0.2) is 53.1 Å². The second-order valence-electron chi connectivity index (χ2n) is 4.89. The third-order valence-electron chi connectivity index (χ3n) is 3.20. The van der Waals surface area contributed by atoms with Crippen LogP contribution in [0, 0.1) is 0 Å². The molecule has 23 heavy (non-hydrogen) atoms. The highest BCUT2D eigenvalue weighted by Gasteiger charge is 2.19. The van der Waals surface area contributed by atoms with Gasteiger partial charge in [-0.25, -0.2) is 4.79 Å². The lowest BCUT2D eigenvalue weighted by atomic mass is 10.0. The minimum absolute atomic E-state index is 0.115. The fraction of sp³-hybridized carbons (Fsp3) is 0.294. The summed E-state index contributed by atoms with van der Waals surface area (Å²) in [5.74, 6) is 0.486. The van der Waals surface area contributed by atoms with Gasteiger partial charge in [0.25, 0.3) is 0 Å². The molecule has 0 saturated carbocycles. The van der Waals surface area contributed by atoms with E-state index in [4.69, 9.17) is 9.15 Å². The van der Waals surface area contributed by atoms with Gasteiger partial charge in [0.15, 0.2) is 0 Å². The van der Waals surface area contributed by atoms with Gasteiger partial charge in [0.1, 0.15) is 5.76 Å². The third kappa shape index (κ3) is 5.50. The van der Waals surface area contributed by atoms with Gasteiger partial charge in [-0.05, 0) is 24.6 Å². The van der Waals surface area contributed by atoms with Crippen molar-refractivity contribution in [3.63, 3.8) is 0 Å². The van der Waals surface area contributed by atoms with Crippen LogP contribution in [0.2, 0.25) is 0 Å². The predicted molar refractivity (Wildman–Crippen MR) is 84.5 cm³/mol. The summed E-state index contributed by atoms with van der Waals surface area (Å²) in [4.78, 5) is 23.8. The number of carbonyl (C=O) groups is 2. The number of amides is 2. The molecule has 122 valence electrons. The maximum absolute atomic E-state index is 12.1. The topological polar surface area (TPSA) is 80.6 Å². The van der Waals surface area contributed by atoms with Gasteiger partial charge in [-0.1, -0.05) is 30.3 Å². The molecule has 2 rings (SSSR count). The number of nitrogens with one attached hydrogen (secondary N) is 2. The van der Waals surface area contributed by atoms with E-state index in [1.54, 1.807) is 25.3 Å². The Balaban J connectivity index is 1.96. The monoisotopic (exact) mass is 316 g/mol. The molecule has 0 saturated heterocycles. The molecule has 2 amide bonds. The van der Waals surface area contributed by atoms with Crippen LogP contribution < -0.4 is 10.6 Å². The molecule has 0 radical (unpaired) electrons. The maximum atomic E-state index is 12.1. The number of ether oxygens (including phenoxy) is 1. The van der Waals surface area contributed by atoms with Crippen LogP contribution in [0.25, 0.3) is 0 Å². The largest absolute Gasteiger partial charge is 0.467 e. The third-order valence-corrected chi connectivity index (χ3v) is 3.20. The summed E-state index contributed by atoms with van der Waals surface area (Å²) in [7, 11) is 0.